The molecule has 2 aliphatic carbocycles. The number of aliphatic imine (C=N–C) groups is 1. The summed E-state index contributed by atoms with van der Waals surface area (Å²) < 4.78 is 2.94. The molecule has 8 nitrogen and oxygen atoms in total. The molecule has 1 aliphatic heterocycles. The van der Waals surface area contributed by atoms with E-state index in [0.29, 0.717) is 6.54 Å². The SMILES string of the molecule is O=c1c(C=NCCN2CCNCC2)c(O)n(C2CCCCC2)c(=O)n1C1CCCCC1. The minimum atomic E-state index is -0.382. The molecular formula is C23H37N5O3. The van der Waals surface area contributed by atoms with E-state index in [4.69, 9.17) is 0 Å². The van der Waals surface area contributed by atoms with Crippen molar-refractivity contribution in [3.8, 4) is 5.88 Å². The Morgan fingerprint density at radius 1 is 0.903 bits per heavy atom. The number of aromatic hydroxyl groups is 1. The predicted octanol–water partition coefficient (Wildman–Crippen LogP) is 2.05. The van der Waals surface area contributed by atoms with Crippen molar-refractivity contribution in [3.05, 3.63) is 26.4 Å². The lowest BCUT2D eigenvalue weighted by atomic mass is 9.94. The summed E-state index contributed by atoms with van der Waals surface area (Å²) in [6.07, 6.45) is 11.4. The first-order valence-electron chi connectivity index (χ1n) is 12.2. The van der Waals surface area contributed by atoms with Gasteiger partial charge in [-0.15, -0.1) is 0 Å². The third-order valence-corrected chi connectivity index (χ3v) is 7.19. The van der Waals surface area contributed by atoms with Crippen molar-refractivity contribution in [2.24, 2.45) is 4.99 Å². The van der Waals surface area contributed by atoms with Crippen LogP contribution in [0.3, 0.4) is 0 Å². The summed E-state index contributed by atoms with van der Waals surface area (Å²) in [5.74, 6) is -0.195. The lowest BCUT2D eigenvalue weighted by molar-refractivity contribution is 0.248. The molecule has 0 unspecified atom stereocenters. The zero-order valence-electron chi connectivity index (χ0n) is 18.6. The Morgan fingerprint density at radius 3 is 2.10 bits per heavy atom. The van der Waals surface area contributed by atoms with E-state index in [1.54, 1.807) is 0 Å². The fourth-order valence-corrected chi connectivity index (χ4v) is 5.38. The van der Waals surface area contributed by atoms with Gasteiger partial charge in [0.05, 0.1) is 6.54 Å². The summed E-state index contributed by atoms with van der Waals surface area (Å²) in [7, 11) is 0. The van der Waals surface area contributed by atoms with Crippen LogP contribution in [-0.4, -0.2) is 64.6 Å². The fraction of sp³-hybridized carbons (Fsp3) is 0.783. The molecule has 2 heterocycles. The van der Waals surface area contributed by atoms with Gasteiger partial charge < -0.3 is 10.4 Å². The van der Waals surface area contributed by atoms with Gasteiger partial charge in [0, 0.05) is 51.0 Å². The maximum atomic E-state index is 13.4. The van der Waals surface area contributed by atoms with E-state index in [1.807, 2.05) is 0 Å². The third kappa shape index (κ3) is 5.12. The molecule has 0 spiro atoms. The van der Waals surface area contributed by atoms with Crippen LogP contribution in [0.5, 0.6) is 5.88 Å². The van der Waals surface area contributed by atoms with Gasteiger partial charge >= 0.3 is 5.69 Å². The van der Waals surface area contributed by atoms with Gasteiger partial charge in [0.15, 0.2) is 0 Å². The lowest BCUT2D eigenvalue weighted by Crippen LogP contribution is -2.45. The highest BCUT2D eigenvalue weighted by Crippen LogP contribution is 2.31. The Kier molecular flexibility index (Phi) is 7.61. The number of hydrogen-bond donors (Lipinski definition) is 2. The van der Waals surface area contributed by atoms with Crippen molar-refractivity contribution in [2.75, 3.05) is 39.3 Å². The maximum absolute atomic E-state index is 13.4. The predicted molar refractivity (Wildman–Crippen MR) is 123 cm³/mol. The van der Waals surface area contributed by atoms with Crippen molar-refractivity contribution in [1.29, 1.82) is 0 Å². The smallest absolute Gasteiger partial charge is 0.334 e. The minimum Gasteiger partial charge on any atom is -0.494 e. The summed E-state index contributed by atoms with van der Waals surface area (Å²) in [6.45, 7) is 5.39. The molecule has 1 aromatic heterocycles. The van der Waals surface area contributed by atoms with Crippen LogP contribution in [0.1, 0.15) is 81.9 Å². The Bertz CT molecular complexity index is 872. The Balaban J connectivity index is 1.64. The molecule has 1 aromatic rings. The van der Waals surface area contributed by atoms with Gasteiger partial charge in [-0.3, -0.25) is 23.8 Å². The maximum Gasteiger partial charge on any atom is 0.334 e. The molecule has 2 saturated carbocycles. The first-order chi connectivity index (χ1) is 15.2. The zero-order valence-corrected chi connectivity index (χ0v) is 18.6. The highest BCUT2D eigenvalue weighted by atomic mass is 16.3. The largest absolute Gasteiger partial charge is 0.494 e. The van der Waals surface area contributed by atoms with Crippen molar-refractivity contribution in [2.45, 2.75) is 76.3 Å². The molecule has 0 radical (unpaired) electrons. The molecule has 8 heteroatoms. The summed E-state index contributed by atoms with van der Waals surface area (Å²) in [6, 6.07) is -0.109. The van der Waals surface area contributed by atoms with E-state index in [1.165, 1.54) is 15.3 Å². The van der Waals surface area contributed by atoms with Crippen LogP contribution in [0.15, 0.2) is 14.6 Å². The molecule has 172 valence electrons. The Morgan fingerprint density at radius 2 is 1.48 bits per heavy atom. The second-order valence-corrected chi connectivity index (χ2v) is 9.28. The number of rotatable bonds is 6. The monoisotopic (exact) mass is 431 g/mol. The minimum absolute atomic E-state index is 0.0373. The number of hydrogen-bond acceptors (Lipinski definition) is 6. The number of piperazine rings is 1. The standard InChI is InChI=1S/C23H37N5O3/c29-21-20(17-25-13-16-26-14-11-24-12-15-26)22(30)28(19-9-5-2-6-10-19)23(31)27(21)18-7-3-1-4-8-18/h17-19,24,29H,1-16H2. The molecule has 1 saturated heterocycles. The molecule has 0 atom stereocenters. The average molecular weight is 432 g/mol. The van der Waals surface area contributed by atoms with Gasteiger partial charge in [-0.05, 0) is 25.7 Å². The molecule has 0 amide bonds. The van der Waals surface area contributed by atoms with E-state index in [0.717, 1.165) is 96.9 Å². The second kappa shape index (κ2) is 10.6. The molecule has 4 rings (SSSR count). The zero-order chi connectivity index (χ0) is 21.6. The van der Waals surface area contributed by atoms with Crippen molar-refractivity contribution >= 4 is 6.21 Å². The van der Waals surface area contributed by atoms with Gasteiger partial charge in [0.25, 0.3) is 5.56 Å². The molecule has 0 aromatic carbocycles. The van der Waals surface area contributed by atoms with Crippen LogP contribution in [0.4, 0.5) is 0 Å². The van der Waals surface area contributed by atoms with E-state index in [-0.39, 0.29) is 34.8 Å². The van der Waals surface area contributed by atoms with Crippen molar-refractivity contribution in [3.63, 3.8) is 0 Å². The third-order valence-electron chi connectivity index (χ3n) is 7.19. The van der Waals surface area contributed by atoms with Crippen molar-refractivity contribution in [1.82, 2.24) is 19.4 Å². The first kappa shape index (κ1) is 22.3. The van der Waals surface area contributed by atoms with Crippen LogP contribution in [-0.2, 0) is 0 Å². The quantitative estimate of drug-likeness (QED) is 0.673. The van der Waals surface area contributed by atoms with Crippen LogP contribution in [0.2, 0.25) is 0 Å². The Labute approximate surface area is 184 Å². The van der Waals surface area contributed by atoms with Crippen LogP contribution in [0.25, 0.3) is 0 Å². The Hall–Kier alpha value is -1.93. The molecule has 3 fully saturated rings. The summed E-state index contributed by atoms with van der Waals surface area (Å²) in [5.41, 5.74) is -0.539. The van der Waals surface area contributed by atoms with Gasteiger partial charge in [-0.25, -0.2) is 4.79 Å². The van der Waals surface area contributed by atoms with E-state index in [9.17, 15) is 14.7 Å². The molecule has 0 bridgehead atoms. The molecule has 3 aliphatic rings. The molecule has 2 N–H and O–H groups in total. The molecule has 31 heavy (non-hydrogen) atoms. The highest BCUT2D eigenvalue weighted by molar-refractivity contribution is 5.82. The average Bonchev–Trinajstić information content (AvgIpc) is 2.80. The number of nitrogens with zero attached hydrogens (tertiary/aromatic N) is 4. The number of aromatic nitrogens is 2. The van der Waals surface area contributed by atoms with E-state index < -0.39 is 0 Å². The summed E-state index contributed by atoms with van der Waals surface area (Å²) in [4.78, 5) is 33.6. The fourth-order valence-electron chi connectivity index (χ4n) is 5.38. The topological polar surface area (TPSA) is 91.9 Å². The lowest BCUT2D eigenvalue weighted by Gasteiger charge is -2.29. The van der Waals surface area contributed by atoms with Gasteiger partial charge in [-0.2, -0.15) is 0 Å². The van der Waals surface area contributed by atoms with Crippen LogP contribution >= 0.6 is 0 Å². The van der Waals surface area contributed by atoms with E-state index in [2.05, 4.69) is 15.2 Å². The van der Waals surface area contributed by atoms with Gasteiger partial charge in [-0.1, -0.05) is 38.5 Å². The van der Waals surface area contributed by atoms with Gasteiger partial charge in [0.2, 0.25) is 5.88 Å². The summed E-state index contributed by atoms with van der Waals surface area (Å²) >= 11 is 0. The highest BCUT2D eigenvalue weighted by Gasteiger charge is 2.28. The normalized spacial score (nSPS) is 22.3. The van der Waals surface area contributed by atoms with Gasteiger partial charge in [0.1, 0.15) is 5.56 Å². The summed E-state index contributed by atoms with van der Waals surface area (Å²) in [5, 5.41) is 14.3. The van der Waals surface area contributed by atoms with Crippen molar-refractivity contribution < 1.29 is 5.11 Å². The van der Waals surface area contributed by atoms with E-state index >= 15 is 0 Å². The second-order valence-electron chi connectivity index (χ2n) is 9.28. The first-order valence-corrected chi connectivity index (χ1v) is 12.2. The van der Waals surface area contributed by atoms with Crippen LogP contribution in [0, 0.1) is 0 Å². The number of nitrogens with one attached hydrogen (secondary N) is 1. The van der Waals surface area contributed by atoms with Crippen LogP contribution < -0.4 is 16.6 Å². The molecular weight excluding hydrogens is 394 g/mol.